The van der Waals surface area contributed by atoms with Crippen molar-refractivity contribution < 1.29 is 4.39 Å². The van der Waals surface area contributed by atoms with Crippen molar-refractivity contribution in [3.8, 4) is 6.07 Å². The van der Waals surface area contributed by atoms with Crippen molar-refractivity contribution in [1.82, 2.24) is 4.90 Å². The van der Waals surface area contributed by atoms with E-state index in [2.05, 4.69) is 62.1 Å². The number of rotatable bonds is 11. The maximum atomic E-state index is 13.5. The summed E-state index contributed by atoms with van der Waals surface area (Å²) in [5.41, 5.74) is 1.88. The van der Waals surface area contributed by atoms with E-state index < -0.39 is 5.41 Å². The molecule has 2 nitrogen and oxygen atoms in total. The second-order valence-corrected chi connectivity index (χ2v) is 9.03. The lowest BCUT2D eigenvalue weighted by atomic mass is 9.73. The number of nitrogens with zero attached hydrogens (tertiary/aromatic N) is 2. The van der Waals surface area contributed by atoms with Crippen LogP contribution in [0.2, 0.25) is 0 Å². The zero-order valence-corrected chi connectivity index (χ0v) is 18.7. The topological polar surface area (TPSA) is 27.0 Å². The molecule has 0 N–H and O–H groups in total. The third kappa shape index (κ3) is 5.29. The Hall–Kier alpha value is -2.18. The Balaban J connectivity index is 1.73. The molecule has 0 spiro atoms. The van der Waals surface area contributed by atoms with Crippen LogP contribution in [0.25, 0.3) is 0 Å². The van der Waals surface area contributed by atoms with E-state index in [1.165, 1.54) is 17.7 Å². The first-order chi connectivity index (χ1) is 14.5. The van der Waals surface area contributed by atoms with E-state index in [-0.39, 0.29) is 5.82 Å². The molecule has 1 aliphatic carbocycles. The average Bonchev–Trinajstić information content (AvgIpc) is 3.60. The van der Waals surface area contributed by atoms with Crippen LogP contribution in [-0.2, 0) is 11.8 Å². The van der Waals surface area contributed by atoms with Crippen LogP contribution < -0.4 is 0 Å². The molecule has 3 rings (SSSR count). The van der Waals surface area contributed by atoms with Gasteiger partial charge in [-0.1, -0.05) is 49.4 Å². The van der Waals surface area contributed by atoms with E-state index in [0.717, 1.165) is 50.6 Å². The molecule has 2 unspecified atom stereocenters. The SMILES string of the molecule is CCC(CCC(C#N)(c1ccc(F)cc1)C1CC1)N(CCc1ccccc1)C(C)C. The van der Waals surface area contributed by atoms with Gasteiger partial charge in [0.15, 0.2) is 0 Å². The van der Waals surface area contributed by atoms with Crippen LogP contribution in [0.3, 0.4) is 0 Å². The van der Waals surface area contributed by atoms with Crippen molar-refractivity contribution in [3.63, 3.8) is 0 Å². The number of hydrogen-bond acceptors (Lipinski definition) is 2. The molecule has 0 heterocycles. The highest BCUT2D eigenvalue weighted by molar-refractivity contribution is 5.35. The van der Waals surface area contributed by atoms with E-state index in [1.807, 2.05) is 12.1 Å². The summed E-state index contributed by atoms with van der Waals surface area (Å²) in [5, 5.41) is 10.2. The molecular weight excluding hydrogens is 371 g/mol. The van der Waals surface area contributed by atoms with Gasteiger partial charge < -0.3 is 0 Å². The Morgan fingerprint density at radius 1 is 1.10 bits per heavy atom. The standard InChI is InChI=1S/C27H35FN2/c1-4-26(30(21(2)3)19-17-22-8-6-5-7-9-22)16-18-27(20-29,23-10-11-23)24-12-14-25(28)15-13-24/h5-9,12-15,21,23,26H,4,10-11,16-19H2,1-3H3. The number of halogens is 1. The van der Waals surface area contributed by atoms with E-state index >= 15 is 0 Å². The largest absolute Gasteiger partial charge is 0.298 e. The Morgan fingerprint density at radius 3 is 2.30 bits per heavy atom. The summed E-state index contributed by atoms with van der Waals surface area (Å²) in [5.74, 6) is 0.169. The summed E-state index contributed by atoms with van der Waals surface area (Å²) in [6.45, 7) is 7.82. The molecule has 1 fully saturated rings. The molecule has 1 saturated carbocycles. The molecule has 0 aliphatic heterocycles. The molecule has 2 aromatic rings. The lowest BCUT2D eigenvalue weighted by Crippen LogP contribution is -2.42. The zero-order valence-electron chi connectivity index (χ0n) is 18.7. The van der Waals surface area contributed by atoms with Crippen molar-refractivity contribution >= 4 is 0 Å². The van der Waals surface area contributed by atoms with Crippen LogP contribution in [0.1, 0.15) is 64.0 Å². The lowest BCUT2D eigenvalue weighted by molar-refractivity contribution is 0.135. The molecule has 0 aromatic heterocycles. The summed E-state index contributed by atoms with van der Waals surface area (Å²) in [6, 6.07) is 20.9. The maximum absolute atomic E-state index is 13.5. The maximum Gasteiger partial charge on any atom is 0.123 e. The number of nitriles is 1. The van der Waals surface area contributed by atoms with Gasteiger partial charge in [0.05, 0.1) is 11.5 Å². The second-order valence-electron chi connectivity index (χ2n) is 9.03. The average molecular weight is 407 g/mol. The Kier molecular flexibility index (Phi) is 7.67. The van der Waals surface area contributed by atoms with Crippen molar-refractivity contribution in [3.05, 3.63) is 71.5 Å². The quantitative estimate of drug-likeness (QED) is 0.425. The van der Waals surface area contributed by atoms with E-state index in [0.29, 0.717) is 18.0 Å². The van der Waals surface area contributed by atoms with Crippen molar-refractivity contribution in [2.45, 2.75) is 76.8 Å². The van der Waals surface area contributed by atoms with Gasteiger partial charge >= 0.3 is 0 Å². The minimum absolute atomic E-state index is 0.236. The first kappa shape index (κ1) is 22.5. The summed E-state index contributed by atoms with van der Waals surface area (Å²) >= 11 is 0. The second kappa shape index (κ2) is 10.2. The number of hydrogen-bond donors (Lipinski definition) is 0. The number of benzene rings is 2. The van der Waals surface area contributed by atoms with Crippen LogP contribution in [0.4, 0.5) is 4.39 Å². The summed E-state index contributed by atoms with van der Waals surface area (Å²) < 4.78 is 13.5. The Labute approximate surface area is 181 Å². The molecule has 1 aliphatic rings. The highest BCUT2D eigenvalue weighted by Gasteiger charge is 2.47. The fraction of sp³-hybridized carbons (Fsp3) is 0.519. The van der Waals surface area contributed by atoms with Crippen molar-refractivity contribution in [1.29, 1.82) is 5.26 Å². The molecule has 2 aromatic carbocycles. The molecule has 30 heavy (non-hydrogen) atoms. The van der Waals surface area contributed by atoms with Crippen LogP contribution in [-0.4, -0.2) is 23.5 Å². The Bertz CT molecular complexity index is 820. The zero-order chi connectivity index (χ0) is 21.6. The molecule has 0 bridgehead atoms. The molecule has 160 valence electrons. The minimum Gasteiger partial charge on any atom is -0.298 e. The molecule has 0 amide bonds. The van der Waals surface area contributed by atoms with Gasteiger partial charge in [-0.15, -0.1) is 0 Å². The van der Waals surface area contributed by atoms with Crippen LogP contribution in [0, 0.1) is 23.1 Å². The molecular formula is C27H35FN2. The van der Waals surface area contributed by atoms with Crippen molar-refractivity contribution in [2.75, 3.05) is 6.54 Å². The predicted molar refractivity (Wildman–Crippen MR) is 122 cm³/mol. The van der Waals surface area contributed by atoms with Gasteiger partial charge in [0.25, 0.3) is 0 Å². The van der Waals surface area contributed by atoms with Gasteiger partial charge in [-0.3, -0.25) is 4.90 Å². The third-order valence-corrected chi connectivity index (χ3v) is 6.81. The van der Waals surface area contributed by atoms with Crippen LogP contribution in [0.5, 0.6) is 0 Å². The van der Waals surface area contributed by atoms with Gasteiger partial charge in [-0.25, -0.2) is 4.39 Å². The van der Waals surface area contributed by atoms with Crippen LogP contribution >= 0.6 is 0 Å². The van der Waals surface area contributed by atoms with E-state index in [1.54, 1.807) is 0 Å². The highest BCUT2D eigenvalue weighted by atomic mass is 19.1. The van der Waals surface area contributed by atoms with E-state index in [4.69, 9.17) is 0 Å². The van der Waals surface area contributed by atoms with Gasteiger partial charge in [0.1, 0.15) is 5.82 Å². The first-order valence-corrected chi connectivity index (χ1v) is 11.5. The van der Waals surface area contributed by atoms with Gasteiger partial charge in [-0.2, -0.15) is 5.26 Å². The van der Waals surface area contributed by atoms with E-state index in [9.17, 15) is 9.65 Å². The van der Waals surface area contributed by atoms with Crippen LogP contribution in [0.15, 0.2) is 54.6 Å². The molecule has 3 heteroatoms. The first-order valence-electron chi connectivity index (χ1n) is 11.5. The van der Waals surface area contributed by atoms with Gasteiger partial charge in [0.2, 0.25) is 0 Å². The lowest BCUT2D eigenvalue weighted by Gasteiger charge is -2.37. The third-order valence-electron chi connectivity index (χ3n) is 6.81. The molecule has 2 atom stereocenters. The predicted octanol–water partition coefficient (Wildman–Crippen LogP) is 6.51. The fourth-order valence-electron chi connectivity index (χ4n) is 4.88. The summed E-state index contributed by atoms with van der Waals surface area (Å²) in [4.78, 5) is 2.60. The Morgan fingerprint density at radius 2 is 1.77 bits per heavy atom. The summed E-state index contributed by atoms with van der Waals surface area (Å²) in [7, 11) is 0. The van der Waals surface area contributed by atoms with Gasteiger partial charge in [-0.05, 0) is 81.5 Å². The highest BCUT2D eigenvalue weighted by Crippen LogP contribution is 2.50. The van der Waals surface area contributed by atoms with Gasteiger partial charge in [0, 0.05) is 18.6 Å². The summed E-state index contributed by atoms with van der Waals surface area (Å²) in [6.07, 6.45) is 6.15. The molecule has 0 radical (unpaired) electrons. The smallest absolute Gasteiger partial charge is 0.123 e. The monoisotopic (exact) mass is 406 g/mol. The van der Waals surface area contributed by atoms with Crippen molar-refractivity contribution in [2.24, 2.45) is 5.92 Å². The normalized spacial score (nSPS) is 17.0. The minimum atomic E-state index is -0.483. The fourth-order valence-corrected chi connectivity index (χ4v) is 4.88. The molecule has 0 saturated heterocycles.